The number of hydrogen-bond donors (Lipinski definition) is 4. The molecule has 0 aliphatic heterocycles. The summed E-state index contributed by atoms with van der Waals surface area (Å²) in [6.45, 7) is 4.57. The third kappa shape index (κ3) is 10.2. The average molecular weight is 520 g/mol. The van der Waals surface area contributed by atoms with Crippen LogP contribution >= 0.6 is 24.8 Å². The van der Waals surface area contributed by atoms with Crippen molar-refractivity contribution in [3.05, 3.63) is 59.9 Å². The molecule has 186 valence electrons. The van der Waals surface area contributed by atoms with E-state index < -0.39 is 16.3 Å². The van der Waals surface area contributed by atoms with Gasteiger partial charge in [-0.05, 0) is 56.9 Å². The van der Waals surface area contributed by atoms with Crippen LogP contribution in [0, 0.1) is 0 Å². The largest absolute Gasteiger partial charge is 0.387 e. The van der Waals surface area contributed by atoms with Gasteiger partial charge in [0, 0.05) is 41.8 Å². The lowest BCUT2D eigenvalue weighted by Gasteiger charge is -2.28. The zero-order chi connectivity index (χ0) is 22.3. The van der Waals surface area contributed by atoms with E-state index in [0.29, 0.717) is 12.2 Å². The highest BCUT2D eigenvalue weighted by Gasteiger charge is 2.21. The lowest BCUT2D eigenvalue weighted by Crippen LogP contribution is -2.43. The summed E-state index contributed by atoms with van der Waals surface area (Å²) in [5.74, 6) is 0. The second-order valence-corrected chi connectivity index (χ2v) is 10.4. The first-order valence-electron chi connectivity index (χ1n) is 10.9. The number of aromatic nitrogens is 1. The highest BCUT2D eigenvalue weighted by atomic mass is 35.5. The van der Waals surface area contributed by atoms with Crippen LogP contribution in [0.3, 0.4) is 0 Å². The molecule has 0 saturated heterocycles. The predicted molar refractivity (Wildman–Crippen MR) is 138 cm³/mol. The molecule has 1 fully saturated rings. The molecule has 0 unspecified atom stereocenters. The molecule has 2 aromatic rings. The van der Waals surface area contributed by atoms with Gasteiger partial charge in [0.2, 0.25) is 0 Å². The fourth-order valence-electron chi connectivity index (χ4n) is 3.95. The number of rotatable bonds is 10. The Balaban J connectivity index is 0.00000272. The number of anilines is 1. The summed E-state index contributed by atoms with van der Waals surface area (Å²) in [7, 11) is -3.57. The number of nitrogens with zero attached hydrogens (tertiary/aromatic N) is 1. The number of aliphatic hydroxyl groups is 1. The lowest BCUT2D eigenvalue weighted by molar-refractivity contribution is 0.160. The summed E-state index contributed by atoms with van der Waals surface area (Å²) < 4.78 is 30.2. The van der Waals surface area contributed by atoms with Crippen LogP contribution in [0.15, 0.2) is 48.8 Å². The van der Waals surface area contributed by atoms with Crippen LogP contribution in [-0.4, -0.2) is 36.6 Å². The van der Waals surface area contributed by atoms with E-state index in [4.69, 9.17) is 0 Å². The van der Waals surface area contributed by atoms with Gasteiger partial charge in [-0.25, -0.2) is 0 Å². The van der Waals surface area contributed by atoms with Gasteiger partial charge >= 0.3 is 0 Å². The molecule has 1 heterocycles. The van der Waals surface area contributed by atoms with E-state index in [1.54, 1.807) is 24.5 Å². The molecule has 4 N–H and O–H groups in total. The Morgan fingerprint density at radius 2 is 1.76 bits per heavy atom. The van der Waals surface area contributed by atoms with Crippen LogP contribution in [0.4, 0.5) is 5.69 Å². The number of hydrogen-bond acceptors (Lipinski definition) is 5. The molecule has 0 spiro atoms. The zero-order valence-electron chi connectivity index (χ0n) is 19.2. The first-order chi connectivity index (χ1) is 14.7. The highest BCUT2D eigenvalue weighted by molar-refractivity contribution is 7.90. The van der Waals surface area contributed by atoms with Crippen LogP contribution in [0.25, 0.3) is 0 Å². The molecule has 7 nitrogen and oxygen atoms in total. The number of nitrogens with one attached hydrogen (secondary N) is 3. The molecule has 0 bridgehead atoms. The molecule has 1 aromatic heterocycles. The van der Waals surface area contributed by atoms with Crippen LogP contribution in [0.2, 0.25) is 0 Å². The molecule has 1 aliphatic carbocycles. The maximum atomic E-state index is 12.4. The summed E-state index contributed by atoms with van der Waals surface area (Å²) in [5.41, 5.74) is 2.16. The van der Waals surface area contributed by atoms with Crippen molar-refractivity contribution < 1.29 is 13.5 Å². The molecule has 0 radical (unpaired) electrons. The molecule has 1 atom stereocenters. The number of benzene rings is 1. The zero-order valence-corrected chi connectivity index (χ0v) is 21.6. The topological polar surface area (TPSA) is 103 Å². The minimum Gasteiger partial charge on any atom is -0.387 e. The van der Waals surface area contributed by atoms with Gasteiger partial charge in [0.05, 0.1) is 6.10 Å². The third-order valence-corrected chi connectivity index (χ3v) is 6.77. The fourth-order valence-corrected chi connectivity index (χ4v) is 5.13. The molecule has 1 saturated carbocycles. The number of pyridine rings is 1. The summed E-state index contributed by atoms with van der Waals surface area (Å²) in [5, 5.41) is 13.7. The van der Waals surface area contributed by atoms with Crippen LogP contribution in [-0.2, 0) is 16.6 Å². The normalized spacial score (nSPS) is 15.7. The average Bonchev–Trinajstić information content (AvgIpc) is 2.74. The number of aliphatic hydroxyl groups excluding tert-OH is 1. The first kappa shape index (κ1) is 29.6. The van der Waals surface area contributed by atoms with Gasteiger partial charge in [0.1, 0.15) is 0 Å². The third-order valence-electron chi connectivity index (χ3n) is 5.62. The molecular weight excluding hydrogens is 483 g/mol. The molecule has 0 amide bonds. The molecule has 10 heteroatoms. The van der Waals surface area contributed by atoms with Crippen molar-refractivity contribution in [1.82, 2.24) is 15.0 Å². The minimum atomic E-state index is -3.57. The summed E-state index contributed by atoms with van der Waals surface area (Å²) in [6.07, 6.45) is 8.60. The van der Waals surface area contributed by atoms with Gasteiger partial charge in [0.25, 0.3) is 10.2 Å². The Kier molecular flexibility index (Phi) is 12.1. The Hall–Kier alpha value is -1.42. The second-order valence-electron chi connectivity index (χ2n) is 9.00. The van der Waals surface area contributed by atoms with Crippen LogP contribution in [0.5, 0.6) is 0 Å². The van der Waals surface area contributed by atoms with Gasteiger partial charge in [-0.2, -0.15) is 13.1 Å². The number of halogens is 2. The molecule has 1 aromatic carbocycles. The Labute approximate surface area is 210 Å². The van der Waals surface area contributed by atoms with E-state index in [9.17, 15) is 13.5 Å². The van der Waals surface area contributed by atoms with E-state index in [2.05, 4.69) is 33.6 Å². The van der Waals surface area contributed by atoms with Gasteiger partial charge < -0.3 is 10.4 Å². The van der Waals surface area contributed by atoms with E-state index in [1.165, 1.54) is 6.42 Å². The lowest BCUT2D eigenvalue weighted by atomic mass is 9.94. The van der Waals surface area contributed by atoms with Crippen molar-refractivity contribution in [2.24, 2.45) is 0 Å². The van der Waals surface area contributed by atoms with E-state index in [-0.39, 0.29) is 36.4 Å². The Bertz CT molecular complexity index is 922. The van der Waals surface area contributed by atoms with Crippen LogP contribution in [0.1, 0.15) is 63.2 Å². The van der Waals surface area contributed by atoms with Gasteiger partial charge in [0.15, 0.2) is 0 Å². The predicted octanol–water partition coefficient (Wildman–Crippen LogP) is 4.15. The monoisotopic (exact) mass is 518 g/mol. The van der Waals surface area contributed by atoms with Crippen molar-refractivity contribution in [2.45, 2.75) is 70.1 Å². The quantitative estimate of drug-likeness (QED) is 0.378. The van der Waals surface area contributed by atoms with Crippen molar-refractivity contribution in [3.63, 3.8) is 0 Å². The van der Waals surface area contributed by atoms with Gasteiger partial charge in [-0.3, -0.25) is 9.71 Å². The maximum absolute atomic E-state index is 12.4. The Morgan fingerprint density at radius 1 is 1.09 bits per heavy atom. The van der Waals surface area contributed by atoms with E-state index >= 15 is 0 Å². The first-order valence-corrected chi connectivity index (χ1v) is 12.4. The molecule has 3 rings (SSSR count). The Morgan fingerprint density at radius 3 is 2.36 bits per heavy atom. The minimum absolute atomic E-state index is 0. The SMILES string of the molecule is CC(C)(Cc1ccc(NS(=O)(=O)NC2CCCCC2)cc1)NC[C@H](O)c1cccnc1.Cl.Cl. The second kappa shape index (κ2) is 13.5. The maximum Gasteiger partial charge on any atom is 0.299 e. The van der Waals surface area contributed by atoms with Crippen molar-refractivity contribution in [3.8, 4) is 0 Å². The summed E-state index contributed by atoms with van der Waals surface area (Å²) >= 11 is 0. The number of β-amino-alcohol motifs (C(OH)–C–C–N with tert-alkyl or cyclic N) is 1. The smallest absolute Gasteiger partial charge is 0.299 e. The van der Waals surface area contributed by atoms with Gasteiger partial charge in [-0.15, -0.1) is 24.8 Å². The molecular formula is C23H36Cl2N4O3S. The molecule has 1 aliphatic rings. The van der Waals surface area contributed by atoms with Crippen LogP contribution < -0.4 is 14.8 Å². The van der Waals surface area contributed by atoms with E-state index in [0.717, 1.165) is 43.2 Å². The standard InChI is InChI=1S/C23H34N4O3S.2ClH/c1-23(2,25-17-22(28)19-7-6-14-24-16-19)15-18-10-12-21(13-11-18)27-31(29,30)26-20-8-4-3-5-9-20;;/h6-7,10-14,16,20,22,25-28H,3-5,8-9,15,17H2,1-2H3;2*1H/t22-;;/m0../s1. The fraction of sp³-hybridized carbons (Fsp3) is 0.522. The summed E-state index contributed by atoms with van der Waals surface area (Å²) in [6, 6.07) is 11.1. The van der Waals surface area contributed by atoms with Crippen molar-refractivity contribution >= 4 is 40.7 Å². The highest BCUT2D eigenvalue weighted by Crippen LogP contribution is 2.20. The van der Waals surface area contributed by atoms with Crippen molar-refractivity contribution in [1.29, 1.82) is 0 Å². The van der Waals surface area contributed by atoms with Crippen molar-refractivity contribution in [2.75, 3.05) is 11.3 Å². The summed E-state index contributed by atoms with van der Waals surface area (Å²) in [4.78, 5) is 4.04. The molecule has 33 heavy (non-hydrogen) atoms. The van der Waals surface area contributed by atoms with Gasteiger partial charge in [-0.1, -0.05) is 37.5 Å². The van der Waals surface area contributed by atoms with E-state index in [1.807, 2.05) is 24.3 Å².